The van der Waals surface area contributed by atoms with Crippen molar-refractivity contribution in [3.63, 3.8) is 0 Å². The zero-order valence-corrected chi connectivity index (χ0v) is 50.2. The number of benzene rings is 14. The Hall–Kier alpha value is -5.83. The van der Waals surface area contributed by atoms with E-state index in [9.17, 15) is 10.0 Å². The minimum absolute atomic E-state index is 0. The predicted octanol–water partition coefficient (Wildman–Crippen LogP) is 18.0. The van der Waals surface area contributed by atoms with Crippen molar-refractivity contribution in [3.8, 4) is 11.1 Å². The van der Waals surface area contributed by atoms with Crippen LogP contribution in [0.1, 0.15) is 19.8 Å². The van der Waals surface area contributed by atoms with Crippen LogP contribution in [0.4, 0.5) is 0 Å². The summed E-state index contributed by atoms with van der Waals surface area (Å²) in [6.45, 7) is 5.72. The molecule has 0 aliphatic heterocycles. The summed E-state index contributed by atoms with van der Waals surface area (Å²) in [6.07, 6.45) is 2.28. The fourth-order valence-corrected chi connectivity index (χ4v) is 12.5. The summed E-state index contributed by atoms with van der Waals surface area (Å²) in [4.78, 5) is 0. The van der Waals surface area contributed by atoms with Gasteiger partial charge in [-0.2, -0.15) is 6.42 Å². The van der Waals surface area contributed by atoms with Crippen molar-refractivity contribution >= 4 is 180 Å². The molecule has 0 heterocycles. The topological polar surface area (TPSA) is 40.5 Å². The Morgan fingerprint density at radius 3 is 1.21 bits per heavy atom. The average molecular weight is 1310 g/mol. The number of fused-ring (bicyclic) bond motifs is 15. The van der Waals surface area contributed by atoms with E-state index in [-0.39, 0.29) is 18.9 Å². The van der Waals surface area contributed by atoms with Gasteiger partial charge in [-0.25, -0.2) is 0 Å². The van der Waals surface area contributed by atoms with Gasteiger partial charge in [0, 0.05) is 17.0 Å². The quantitative estimate of drug-likeness (QED) is 0.0801. The van der Waals surface area contributed by atoms with Gasteiger partial charge < -0.3 is 17.0 Å². The third-order valence-electron chi connectivity index (χ3n) is 13.8. The Bertz CT molecular complexity index is 4410. The Morgan fingerprint density at radius 2 is 0.756 bits per heavy atom. The first-order valence-electron chi connectivity index (χ1n) is 25.6. The fraction of sp³-hybridized carbons (Fsp3) is 0.0429. The number of hydrogen-bond donors (Lipinski definition) is 2. The largest absolute Gasteiger partial charge is 1.00 e. The van der Waals surface area contributed by atoms with E-state index in [2.05, 4.69) is 272 Å². The zero-order chi connectivity index (χ0) is 53.4. The predicted molar refractivity (Wildman–Crippen MR) is 355 cm³/mol. The third kappa shape index (κ3) is 12.5. The molecule has 376 valence electrons. The smallest absolute Gasteiger partial charge is 0.423 e. The van der Waals surface area contributed by atoms with Crippen molar-refractivity contribution in [2.45, 2.75) is 19.8 Å². The molecule has 78 heavy (non-hydrogen) atoms. The molecule has 0 saturated carbocycles. The SMILES string of the molecule is Brc1cc2ccc3ccccc3c2c2ccccc12.Brc1cccc(-c2cc3ccc4ccccc4c3c3ccccc23)c1.Brc1cccc(I)c1.OB(O)c1cc2ccc3ccccc3c2c2ccccc12.[CH2-]CCC.[Li+]. The molecule has 0 bridgehead atoms. The summed E-state index contributed by atoms with van der Waals surface area (Å²) in [5, 5.41) is 41.5. The maximum Gasteiger partial charge on any atom is 1.00 e. The molecule has 0 radical (unpaired) electrons. The van der Waals surface area contributed by atoms with Crippen LogP contribution in [0, 0.1) is 10.5 Å². The fourth-order valence-electron chi connectivity index (χ4n) is 10.2. The second-order valence-corrected chi connectivity index (χ2v) is 22.6. The van der Waals surface area contributed by atoms with Crippen molar-refractivity contribution in [1.29, 1.82) is 0 Å². The van der Waals surface area contributed by atoms with E-state index in [0.29, 0.717) is 5.46 Å². The van der Waals surface area contributed by atoms with Crippen LogP contribution in [-0.2, 0) is 0 Å². The molecule has 0 aliphatic carbocycles. The van der Waals surface area contributed by atoms with Gasteiger partial charge in [-0.05, 0) is 179 Å². The first-order valence-corrected chi connectivity index (χ1v) is 29.0. The third-order valence-corrected chi connectivity index (χ3v) is 16.1. The van der Waals surface area contributed by atoms with Crippen LogP contribution in [0.2, 0.25) is 0 Å². The van der Waals surface area contributed by atoms with Gasteiger partial charge in [-0.3, -0.25) is 0 Å². The van der Waals surface area contributed by atoms with Crippen molar-refractivity contribution in [2.24, 2.45) is 0 Å². The van der Waals surface area contributed by atoms with Crippen LogP contribution in [0.15, 0.2) is 262 Å². The zero-order valence-electron chi connectivity index (χ0n) is 43.3. The number of halogens is 4. The van der Waals surface area contributed by atoms with Crippen LogP contribution in [0.5, 0.6) is 0 Å². The van der Waals surface area contributed by atoms with Crippen LogP contribution in [0.25, 0.3) is 108 Å². The van der Waals surface area contributed by atoms with Gasteiger partial charge >= 0.3 is 26.0 Å². The molecule has 0 saturated heterocycles. The van der Waals surface area contributed by atoms with Gasteiger partial charge in [-0.15, -0.1) is 0 Å². The van der Waals surface area contributed by atoms with Gasteiger partial charge in [0.2, 0.25) is 0 Å². The molecule has 14 aromatic rings. The van der Waals surface area contributed by atoms with Crippen molar-refractivity contribution < 1.29 is 28.9 Å². The van der Waals surface area contributed by atoms with Gasteiger partial charge in [0.15, 0.2) is 0 Å². The molecule has 0 atom stereocenters. The second kappa shape index (κ2) is 26.4. The number of unbranched alkanes of at least 4 members (excludes halogenated alkanes) is 1. The molecule has 8 heteroatoms. The monoisotopic (exact) mass is 1310 g/mol. The van der Waals surface area contributed by atoms with E-state index >= 15 is 0 Å². The molecule has 0 amide bonds. The summed E-state index contributed by atoms with van der Waals surface area (Å²) in [7, 11) is -1.47. The first-order chi connectivity index (χ1) is 37.6. The van der Waals surface area contributed by atoms with Crippen molar-refractivity contribution in [3.05, 3.63) is 273 Å². The summed E-state index contributed by atoms with van der Waals surface area (Å²) >= 11 is 12.9. The minimum Gasteiger partial charge on any atom is -0.423 e. The summed E-state index contributed by atoms with van der Waals surface area (Å²) < 4.78 is 4.67. The van der Waals surface area contributed by atoms with Gasteiger partial charge in [0.05, 0.1) is 0 Å². The van der Waals surface area contributed by atoms with Gasteiger partial charge in [0.25, 0.3) is 0 Å². The Balaban J connectivity index is 0.000000129. The van der Waals surface area contributed by atoms with E-state index in [1.165, 1.54) is 96.5 Å². The van der Waals surface area contributed by atoms with Crippen molar-refractivity contribution in [1.82, 2.24) is 0 Å². The molecule has 2 nitrogen and oxygen atoms in total. The maximum atomic E-state index is 9.65. The van der Waals surface area contributed by atoms with Crippen LogP contribution >= 0.6 is 70.4 Å². The van der Waals surface area contributed by atoms with E-state index in [4.69, 9.17) is 0 Å². The van der Waals surface area contributed by atoms with Crippen LogP contribution < -0.4 is 24.3 Å². The van der Waals surface area contributed by atoms with Gasteiger partial charge in [-0.1, -0.05) is 267 Å². The number of hydrogen-bond acceptors (Lipinski definition) is 2. The molecule has 0 spiro atoms. The molecule has 0 fully saturated rings. The molecular formula is C70H52BBr3ILiO2. The van der Waals surface area contributed by atoms with E-state index in [0.717, 1.165) is 41.4 Å². The summed E-state index contributed by atoms with van der Waals surface area (Å²) in [6, 6.07) is 86.7. The van der Waals surface area contributed by atoms with E-state index in [1.54, 1.807) is 0 Å². The molecule has 14 rings (SSSR count). The Morgan fingerprint density at radius 1 is 0.385 bits per heavy atom. The minimum atomic E-state index is -1.47. The standard InChI is InChI=1S/C24H15Br.C18H13BO2.C18H11Br.C6H4BrI.C4H9.Li/c25-19-8-5-7-17(14-19)23-15-18-13-12-16-6-1-2-9-20(16)24(18)22-11-4-3-10-21(22)23;20-19(21)17-11-13-10-9-12-5-1-2-6-14(12)18(13)16-8-4-3-7-15(16)17;19-17-11-13-10-9-12-5-1-2-6-14(12)18(13)16-8-4-3-7-15(16)17;7-5-2-1-3-6(8)4-5;1-3-4-2;/h1-15H;1-11,20-21H;1-11H;1-4H;1,3-4H2,2H3;/q;;;;-1;+1. The molecule has 0 aromatic heterocycles. The molecule has 2 N–H and O–H groups in total. The van der Waals surface area contributed by atoms with E-state index < -0.39 is 7.12 Å². The first kappa shape index (κ1) is 56.9. The van der Waals surface area contributed by atoms with Crippen molar-refractivity contribution in [2.75, 3.05) is 0 Å². The summed E-state index contributed by atoms with van der Waals surface area (Å²) in [5.41, 5.74) is 3.06. The normalized spacial score (nSPS) is 10.8. The Labute approximate surface area is 507 Å². The summed E-state index contributed by atoms with van der Waals surface area (Å²) in [5.74, 6) is 0. The second-order valence-electron chi connectivity index (χ2n) is 18.7. The number of rotatable bonds is 3. The average Bonchev–Trinajstić information content (AvgIpc) is 3.67. The molecular weight excluding hydrogens is 1260 g/mol. The molecule has 0 aliphatic rings. The molecule has 0 unspecified atom stereocenters. The van der Waals surface area contributed by atoms with Crippen LogP contribution in [-0.4, -0.2) is 17.2 Å². The molecule has 14 aromatic carbocycles. The van der Waals surface area contributed by atoms with Crippen LogP contribution in [0.3, 0.4) is 0 Å². The maximum absolute atomic E-state index is 9.65. The van der Waals surface area contributed by atoms with E-state index in [1.807, 2.05) is 60.7 Å². The Kier molecular flexibility index (Phi) is 19.3. The van der Waals surface area contributed by atoms with Gasteiger partial charge in [0.1, 0.15) is 0 Å².